The molecule has 1 aliphatic carbocycles. The fourth-order valence-corrected chi connectivity index (χ4v) is 3.27. The van der Waals surface area contributed by atoms with E-state index in [-0.39, 0.29) is 0 Å². The molecule has 1 aromatic rings. The Morgan fingerprint density at radius 3 is 2.74 bits per heavy atom. The summed E-state index contributed by atoms with van der Waals surface area (Å²) in [5.74, 6) is 2.94. The molecule has 0 saturated heterocycles. The van der Waals surface area contributed by atoms with Gasteiger partial charge in [-0.3, -0.25) is 0 Å². The summed E-state index contributed by atoms with van der Waals surface area (Å²) in [4.78, 5) is 0. The van der Waals surface area contributed by atoms with Crippen molar-refractivity contribution < 1.29 is 4.42 Å². The van der Waals surface area contributed by atoms with Gasteiger partial charge in [-0.1, -0.05) is 26.7 Å². The van der Waals surface area contributed by atoms with Crippen molar-refractivity contribution in [2.45, 2.75) is 64.8 Å². The molecule has 1 atom stereocenters. The van der Waals surface area contributed by atoms with Gasteiger partial charge in [-0.15, -0.1) is 0 Å². The first-order valence-corrected chi connectivity index (χ1v) is 8.05. The van der Waals surface area contributed by atoms with E-state index in [1.807, 2.05) is 6.07 Å². The molecule has 0 aromatic carbocycles. The van der Waals surface area contributed by atoms with Gasteiger partial charge in [0.2, 0.25) is 0 Å². The molecule has 19 heavy (non-hydrogen) atoms. The predicted molar refractivity (Wildman–Crippen MR) is 80.2 cm³/mol. The zero-order chi connectivity index (χ0) is 13.5. The second-order valence-electron chi connectivity index (χ2n) is 6.20. The van der Waals surface area contributed by atoms with Crippen LogP contribution in [0.15, 0.2) is 22.8 Å². The highest BCUT2D eigenvalue weighted by atomic mass is 16.3. The van der Waals surface area contributed by atoms with Gasteiger partial charge in [-0.05, 0) is 56.2 Å². The molecule has 1 N–H and O–H groups in total. The highest BCUT2D eigenvalue weighted by Gasteiger charge is 2.25. The van der Waals surface area contributed by atoms with Crippen LogP contribution < -0.4 is 5.32 Å². The first kappa shape index (κ1) is 14.6. The summed E-state index contributed by atoms with van der Waals surface area (Å²) in [7, 11) is 0. The van der Waals surface area contributed by atoms with E-state index in [1.165, 1.54) is 38.5 Å². The number of aryl methyl sites for hydroxylation is 1. The fraction of sp³-hybridized carbons (Fsp3) is 0.765. The summed E-state index contributed by atoms with van der Waals surface area (Å²) in [6, 6.07) is 4.77. The summed E-state index contributed by atoms with van der Waals surface area (Å²) in [5.41, 5.74) is 0. The maximum atomic E-state index is 5.46. The van der Waals surface area contributed by atoms with Crippen LogP contribution in [0.5, 0.6) is 0 Å². The lowest BCUT2D eigenvalue weighted by molar-refractivity contribution is 0.221. The van der Waals surface area contributed by atoms with Gasteiger partial charge in [0.05, 0.1) is 6.26 Å². The minimum Gasteiger partial charge on any atom is -0.469 e. The van der Waals surface area contributed by atoms with Gasteiger partial charge in [0.25, 0.3) is 0 Å². The van der Waals surface area contributed by atoms with Crippen LogP contribution in [-0.4, -0.2) is 12.6 Å². The van der Waals surface area contributed by atoms with Gasteiger partial charge < -0.3 is 9.73 Å². The first-order chi connectivity index (χ1) is 9.29. The maximum Gasteiger partial charge on any atom is 0.103 e. The number of rotatable bonds is 7. The average molecular weight is 263 g/mol. The van der Waals surface area contributed by atoms with Crippen LogP contribution in [0.4, 0.5) is 0 Å². The highest BCUT2D eigenvalue weighted by Crippen LogP contribution is 2.31. The molecule has 2 nitrogen and oxygen atoms in total. The van der Waals surface area contributed by atoms with E-state index in [9.17, 15) is 0 Å². The zero-order valence-corrected chi connectivity index (χ0v) is 12.5. The van der Waals surface area contributed by atoms with Crippen molar-refractivity contribution in [1.29, 1.82) is 0 Å². The van der Waals surface area contributed by atoms with Gasteiger partial charge >= 0.3 is 0 Å². The summed E-state index contributed by atoms with van der Waals surface area (Å²) in [5, 5.41) is 3.77. The SMILES string of the molecule is CCCNC(CCc1ccco1)C1CCC(C)CC1. The molecule has 0 radical (unpaired) electrons. The van der Waals surface area contributed by atoms with Crippen molar-refractivity contribution in [3.8, 4) is 0 Å². The second kappa shape index (κ2) is 7.74. The van der Waals surface area contributed by atoms with E-state index in [0.717, 1.165) is 30.6 Å². The lowest BCUT2D eigenvalue weighted by Gasteiger charge is -2.33. The maximum absolute atomic E-state index is 5.46. The van der Waals surface area contributed by atoms with Gasteiger partial charge in [-0.2, -0.15) is 0 Å². The molecule has 1 aliphatic rings. The zero-order valence-electron chi connectivity index (χ0n) is 12.5. The van der Waals surface area contributed by atoms with Crippen molar-refractivity contribution >= 4 is 0 Å². The Labute approximate surface area is 118 Å². The van der Waals surface area contributed by atoms with E-state index in [0.29, 0.717) is 6.04 Å². The van der Waals surface area contributed by atoms with E-state index < -0.39 is 0 Å². The highest BCUT2D eigenvalue weighted by molar-refractivity contribution is 4.99. The van der Waals surface area contributed by atoms with Gasteiger partial charge in [0.1, 0.15) is 5.76 Å². The number of nitrogens with one attached hydrogen (secondary N) is 1. The van der Waals surface area contributed by atoms with Crippen LogP contribution in [0.3, 0.4) is 0 Å². The lowest BCUT2D eigenvalue weighted by Crippen LogP contribution is -2.38. The first-order valence-electron chi connectivity index (χ1n) is 8.05. The molecule has 0 aliphatic heterocycles. The molecule has 1 heterocycles. The fourth-order valence-electron chi connectivity index (χ4n) is 3.27. The Balaban J connectivity index is 1.83. The third-order valence-electron chi connectivity index (χ3n) is 4.57. The molecule has 0 bridgehead atoms. The molecular formula is C17H29NO. The Kier molecular flexibility index (Phi) is 5.96. The Morgan fingerprint density at radius 1 is 1.32 bits per heavy atom. The molecule has 2 rings (SSSR count). The molecule has 1 aromatic heterocycles. The molecule has 0 spiro atoms. The summed E-state index contributed by atoms with van der Waals surface area (Å²) in [6.07, 6.45) is 10.9. The van der Waals surface area contributed by atoms with Crippen LogP contribution in [0.1, 0.15) is 58.1 Å². The Morgan fingerprint density at radius 2 is 2.11 bits per heavy atom. The van der Waals surface area contributed by atoms with Gasteiger partial charge in [0.15, 0.2) is 0 Å². The third-order valence-corrected chi connectivity index (χ3v) is 4.57. The molecule has 1 fully saturated rings. The Hall–Kier alpha value is -0.760. The normalized spacial score (nSPS) is 25.4. The number of hydrogen-bond acceptors (Lipinski definition) is 2. The lowest BCUT2D eigenvalue weighted by atomic mass is 9.78. The van der Waals surface area contributed by atoms with Crippen LogP contribution >= 0.6 is 0 Å². The van der Waals surface area contributed by atoms with Crippen molar-refractivity contribution in [2.24, 2.45) is 11.8 Å². The third kappa shape index (κ3) is 4.68. The molecule has 0 amide bonds. The van der Waals surface area contributed by atoms with Crippen molar-refractivity contribution in [2.75, 3.05) is 6.54 Å². The van der Waals surface area contributed by atoms with Crippen LogP contribution in [0.2, 0.25) is 0 Å². The van der Waals surface area contributed by atoms with E-state index in [4.69, 9.17) is 4.42 Å². The van der Waals surface area contributed by atoms with Crippen molar-refractivity contribution in [3.05, 3.63) is 24.2 Å². The molecule has 2 heteroatoms. The molecule has 1 unspecified atom stereocenters. The van der Waals surface area contributed by atoms with Crippen LogP contribution in [0.25, 0.3) is 0 Å². The van der Waals surface area contributed by atoms with Crippen molar-refractivity contribution in [1.82, 2.24) is 5.32 Å². The standard InChI is InChI=1S/C17H29NO/c1-3-12-18-17(11-10-16-5-4-13-19-16)15-8-6-14(2)7-9-15/h4-5,13-15,17-18H,3,6-12H2,1-2H3. The molecule has 1 saturated carbocycles. The molecule has 108 valence electrons. The minimum absolute atomic E-state index is 0.678. The summed E-state index contributed by atoms with van der Waals surface area (Å²) < 4.78 is 5.46. The number of hydrogen-bond donors (Lipinski definition) is 1. The van der Waals surface area contributed by atoms with E-state index in [1.54, 1.807) is 6.26 Å². The van der Waals surface area contributed by atoms with Crippen LogP contribution in [-0.2, 0) is 6.42 Å². The quantitative estimate of drug-likeness (QED) is 0.788. The Bertz CT molecular complexity index is 325. The minimum atomic E-state index is 0.678. The number of furan rings is 1. The van der Waals surface area contributed by atoms with Gasteiger partial charge in [-0.25, -0.2) is 0 Å². The second-order valence-corrected chi connectivity index (χ2v) is 6.20. The van der Waals surface area contributed by atoms with Crippen LogP contribution in [0, 0.1) is 11.8 Å². The summed E-state index contributed by atoms with van der Waals surface area (Å²) >= 11 is 0. The van der Waals surface area contributed by atoms with E-state index in [2.05, 4.69) is 25.2 Å². The monoisotopic (exact) mass is 263 g/mol. The van der Waals surface area contributed by atoms with E-state index >= 15 is 0 Å². The topological polar surface area (TPSA) is 25.2 Å². The average Bonchev–Trinajstić information content (AvgIpc) is 2.93. The van der Waals surface area contributed by atoms with Crippen molar-refractivity contribution in [3.63, 3.8) is 0 Å². The summed E-state index contributed by atoms with van der Waals surface area (Å²) in [6.45, 7) is 5.79. The predicted octanol–water partition coefficient (Wildman–Crippen LogP) is 4.41. The largest absolute Gasteiger partial charge is 0.469 e. The van der Waals surface area contributed by atoms with Gasteiger partial charge in [0, 0.05) is 12.5 Å². The molecular weight excluding hydrogens is 234 g/mol. The smallest absolute Gasteiger partial charge is 0.103 e.